The van der Waals surface area contributed by atoms with E-state index in [0.29, 0.717) is 32.9 Å². The molecule has 192 valence electrons. The number of halogens is 3. The van der Waals surface area contributed by atoms with Crippen LogP contribution in [0.2, 0.25) is 0 Å². The van der Waals surface area contributed by atoms with Gasteiger partial charge in [-0.2, -0.15) is 13.2 Å². The summed E-state index contributed by atoms with van der Waals surface area (Å²) in [6.07, 6.45) is -5.45. The van der Waals surface area contributed by atoms with Crippen molar-refractivity contribution >= 4 is 28.8 Å². The molecule has 0 aliphatic carbocycles. The third kappa shape index (κ3) is 3.86. The van der Waals surface area contributed by atoms with E-state index in [1.54, 1.807) is 32.0 Å². The summed E-state index contributed by atoms with van der Waals surface area (Å²) < 4.78 is 60.2. The highest BCUT2D eigenvalue weighted by molar-refractivity contribution is 6.05. The Morgan fingerprint density at radius 3 is 2.22 bits per heavy atom. The second-order valence-electron chi connectivity index (χ2n) is 8.44. The maximum Gasteiger partial charge on any atom is 0.440 e. The van der Waals surface area contributed by atoms with Gasteiger partial charge in [-0.15, -0.1) is 0 Å². The van der Waals surface area contributed by atoms with Crippen LogP contribution in [0.15, 0.2) is 24.3 Å². The van der Waals surface area contributed by atoms with E-state index in [2.05, 4.69) is 10.3 Å². The van der Waals surface area contributed by atoms with Crippen LogP contribution in [0, 0.1) is 13.8 Å². The summed E-state index contributed by atoms with van der Waals surface area (Å²) in [6, 6.07) is 6.35. The van der Waals surface area contributed by atoms with E-state index in [4.69, 9.17) is 14.2 Å². The number of carbonyl (C=O) groups is 2. The number of alkyl halides is 3. The highest BCUT2D eigenvalue weighted by Gasteiger charge is 2.67. The van der Waals surface area contributed by atoms with Crippen molar-refractivity contribution in [1.29, 1.82) is 0 Å². The van der Waals surface area contributed by atoms with E-state index < -0.39 is 23.7 Å². The normalized spacial score (nSPS) is 17.1. The lowest BCUT2D eigenvalue weighted by atomic mass is 10.0. The summed E-state index contributed by atoms with van der Waals surface area (Å²) in [5.41, 5.74) is -0.879. The number of nitrogens with zero attached hydrogens (tertiary/aromatic N) is 2. The van der Waals surface area contributed by atoms with Crippen LogP contribution < -0.4 is 24.8 Å². The van der Waals surface area contributed by atoms with Crippen LogP contribution in [0.4, 0.5) is 19.1 Å². The summed E-state index contributed by atoms with van der Waals surface area (Å²) in [5, 5.41) is 4.14. The maximum atomic E-state index is 14.6. The zero-order chi connectivity index (χ0) is 26.4. The number of nitrogens with one attached hydrogen (secondary N) is 2. The van der Waals surface area contributed by atoms with E-state index in [9.17, 15) is 22.8 Å². The average molecular weight is 506 g/mol. The van der Waals surface area contributed by atoms with E-state index in [1.165, 1.54) is 27.4 Å². The van der Waals surface area contributed by atoms with E-state index in [0.717, 1.165) is 5.56 Å². The molecule has 1 atom stereocenters. The molecule has 0 radical (unpaired) electrons. The van der Waals surface area contributed by atoms with E-state index >= 15 is 0 Å². The van der Waals surface area contributed by atoms with Gasteiger partial charge in [-0.3, -0.25) is 19.5 Å². The van der Waals surface area contributed by atoms with Gasteiger partial charge < -0.3 is 19.5 Å². The van der Waals surface area contributed by atoms with Crippen molar-refractivity contribution in [2.75, 3.05) is 26.6 Å². The molecule has 0 saturated carbocycles. The molecule has 2 aromatic carbocycles. The largest absolute Gasteiger partial charge is 0.493 e. The lowest BCUT2D eigenvalue weighted by Crippen LogP contribution is -2.63. The van der Waals surface area contributed by atoms with Crippen molar-refractivity contribution in [3.05, 3.63) is 41.0 Å². The maximum absolute atomic E-state index is 14.6. The van der Waals surface area contributed by atoms with Crippen LogP contribution in [-0.2, 0) is 21.7 Å². The van der Waals surface area contributed by atoms with Gasteiger partial charge in [0.25, 0.3) is 11.6 Å². The van der Waals surface area contributed by atoms with Gasteiger partial charge in [0.1, 0.15) is 0 Å². The van der Waals surface area contributed by atoms with Crippen molar-refractivity contribution in [2.24, 2.45) is 0 Å². The van der Waals surface area contributed by atoms with Crippen LogP contribution in [0.25, 0.3) is 11.0 Å². The SMILES string of the molecule is COc1cc(CCC(=O)NC2(C(F)(F)F)C(=O)Nc3nc4cc(C)c(C)cc4n32)cc(OC)c1OC. The second kappa shape index (κ2) is 8.92. The molecular formula is C24H25F3N4O5. The standard InChI is InChI=1S/C24H25F3N4O5/c1-12-8-15-16(9-13(12)2)31-22(28-15)29-21(33)23(31,24(25,26)27)30-19(32)7-6-14-10-17(34-3)20(36-5)18(11-14)35-4/h8-11H,6-7H2,1-5H3,(H,30,32)(H,28,29,33). The summed E-state index contributed by atoms with van der Waals surface area (Å²) in [5.74, 6) is -1.67. The van der Waals surface area contributed by atoms with Crippen molar-refractivity contribution in [3.63, 3.8) is 0 Å². The zero-order valence-electron chi connectivity index (χ0n) is 20.3. The van der Waals surface area contributed by atoms with E-state index in [-0.39, 0.29) is 29.8 Å². The molecule has 36 heavy (non-hydrogen) atoms. The lowest BCUT2D eigenvalue weighted by molar-refractivity contribution is -0.217. The molecule has 2 amide bonds. The number of aromatic nitrogens is 2. The Morgan fingerprint density at radius 1 is 1.06 bits per heavy atom. The molecule has 12 heteroatoms. The number of imidazole rings is 1. The Labute approximate surface area is 204 Å². The summed E-state index contributed by atoms with van der Waals surface area (Å²) in [6.45, 7) is 3.55. The molecule has 9 nitrogen and oxygen atoms in total. The topological polar surface area (TPSA) is 104 Å². The number of benzene rings is 2. The molecule has 1 aliphatic heterocycles. The monoisotopic (exact) mass is 506 g/mol. The Kier molecular flexibility index (Phi) is 6.23. The first kappa shape index (κ1) is 25.1. The van der Waals surface area contributed by atoms with Crippen LogP contribution in [0.1, 0.15) is 23.1 Å². The first-order valence-electron chi connectivity index (χ1n) is 10.9. The Balaban J connectivity index is 1.68. The number of anilines is 1. The minimum Gasteiger partial charge on any atom is -0.493 e. The Bertz CT molecular complexity index is 1340. The molecule has 2 heterocycles. The minimum atomic E-state index is -5.16. The van der Waals surface area contributed by atoms with Crippen molar-refractivity contribution in [2.45, 2.75) is 38.5 Å². The van der Waals surface area contributed by atoms with Gasteiger partial charge in [0.2, 0.25) is 17.6 Å². The summed E-state index contributed by atoms with van der Waals surface area (Å²) in [7, 11) is 4.29. The van der Waals surface area contributed by atoms with Crippen LogP contribution >= 0.6 is 0 Å². The molecule has 0 fully saturated rings. The first-order chi connectivity index (χ1) is 17.0. The van der Waals surface area contributed by atoms with Gasteiger partial charge in [0.05, 0.1) is 32.4 Å². The minimum absolute atomic E-state index is 0.0495. The number of carbonyl (C=O) groups excluding carboxylic acids is 2. The highest BCUT2D eigenvalue weighted by Crippen LogP contribution is 2.44. The summed E-state index contributed by atoms with van der Waals surface area (Å²) in [4.78, 5) is 29.8. The highest BCUT2D eigenvalue weighted by atomic mass is 19.4. The molecular weight excluding hydrogens is 481 g/mol. The Morgan fingerprint density at radius 2 is 1.67 bits per heavy atom. The first-order valence-corrected chi connectivity index (χ1v) is 10.9. The number of hydrogen-bond donors (Lipinski definition) is 2. The second-order valence-corrected chi connectivity index (χ2v) is 8.44. The molecule has 4 rings (SSSR count). The van der Waals surface area contributed by atoms with Gasteiger partial charge in [-0.05, 0) is 61.2 Å². The van der Waals surface area contributed by atoms with Gasteiger partial charge >= 0.3 is 6.18 Å². The number of fused-ring (bicyclic) bond motifs is 3. The number of ether oxygens (including phenoxy) is 3. The van der Waals surface area contributed by atoms with Crippen LogP contribution in [0.3, 0.4) is 0 Å². The fraction of sp³-hybridized carbons (Fsp3) is 0.375. The molecule has 0 saturated heterocycles. The van der Waals surface area contributed by atoms with Gasteiger partial charge in [0, 0.05) is 6.42 Å². The van der Waals surface area contributed by atoms with Crippen molar-refractivity contribution < 1.29 is 37.0 Å². The lowest BCUT2D eigenvalue weighted by Gasteiger charge is -2.32. The van der Waals surface area contributed by atoms with E-state index in [1.807, 2.05) is 5.32 Å². The number of aryl methyl sites for hydroxylation is 3. The predicted octanol–water partition coefficient (Wildman–Crippen LogP) is 3.60. The van der Waals surface area contributed by atoms with Crippen LogP contribution in [-0.4, -0.2) is 48.9 Å². The predicted molar refractivity (Wildman–Crippen MR) is 124 cm³/mol. The molecule has 3 aromatic rings. The fourth-order valence-corrected chi connectivity index (χ4v) is 4.29. The summed E-state index contributed by atoms with van der Waals surface area (Å²) >= 11 is 0. The smallest absolute Gasteiger partial charge is 0.440 e. The number of methoxy groups -OCH3 is 3. The van der Waals surface area contributed by atoms with Gasteiger partial charge in [-0.25, -0.2) is 4.98 Å². The van der Waals surface area contributed by atoms with Gasteiger partial charge in [-0.1, -0.05) is 0 Å². The molecule has 1 aromatic heterocycles. The van der Waals surface area contributed by atoms with Crippen molar-refractivity contribution in [3.8, 4) is 17.2 Å². The molecule has 1 unspecified atom stereocenters. The Hall–Kier alpha value is -3.96. The number of amides is 2. The zero-order valence-corrected chi connectivity index (χ0v) is 20.3. The molecule has 2 N–H and O–H groups in total. The van der Waals surface area contributed by atoms with Crippen molar-refractivity contribution in [1.82, 2.24) is 14.9 Å². The third-order valence-corrected chi connectivity index (χ3v) is 6.26. The third-order valence-electron chi connectivity index (χ3n) is 6.26. The molecule has 1 aliphatic rings. The van der Waals surface area contributed by atoms with Crippen LogP contribution in [0.5, 0.6) is 17.2 Å². The number of hydrogen-bond acceptors (Lipinski definition) is 6. The average Bonchev–Trinajstić information content (AvgIpc) is 3.29. The molecule has 0 spiro atoms. The number of rotatable bonds is 7. The van der Waals surface area contributed by atoms with Gasteiger partial charge in [0.15, 0.2) is 11.5 Å². The fourth-order valence-electron chi connectivity index (χ4n) is 4.29. The quantitative estimate of drug-likeness (QED) is 0.508. The molecule has 0 bridgehead atoms.